The zero-order chi connectivity index (χ0) is 18.4. The lowest BCUT2D eigenvalue weighted by Crippen LogP contribution is -2.26. The molecule has 0 N–H and O–H groups in total. The number of hydrogen-bond acceptors (Lipinski definition) is 1. The van der Waals surface area contributed by atoms with Gasteiger partial charge >= 0.3 is 0 Å². The van der Waals surface area contributed by atoms with E-state index in [0.29, 0.717) is 10.0 Å². The van der Waals surface area contributed by atoms with E-state index in [1.54, 1.807) is 6.07 Å². The summed E-state index contributed by atoms with van der Waals surface area (Å²) in [5.41, 5.74) is 6.04. The SMILES string of the molecule is C/C(=C\n1c2c(c3cc(Cl)ccc31)CN(C)CC2)c1cc(Cl)cc(Cl)c1. The fourth-order valence-electron chi connectivity index (χ4n) is 3.70. The van der Waals surface area contributed by atoms with Crippen molar-refractivity contribution in [1.29, 1.82) is 0 Å². The Balaban J connectivity index is 1.91. The molecule has 0 aliphatic carbocycles. The van der Waals surface area contributed by atoms with Crippen LogP contribution in [-0.4, -0.2) is 23.1 Å². The van der Waals surface area contributed by atoms with Gasteiger partial charge in [-0.25, -0.2) is 0 Å². The average molecular weight is 406 g/mol. The maximum Gasteiger partial charge on any atom is 0.0529 e. The Kier molecular flexibility index (Phi) is 4.79. The highest BCUT2D eigenvalue weighted by Crippen LogP contribution is 2.34. The zero-order valence-corrected chi connectivity index (χ0v) is 17.0. The van der Waals surface area contributed by atoms with E-state index in [-0.39, 0.29) is 0 Å². The molecule has 2 heterocycles. The maximum absolute atomic E-state index is 6.28. The first-order valence-electron chi connectivity index (χ1n) is 8.57. The molecule has 1 aromatic heterocycles. The van der Waals surface area contributed by atoms with Crippen LogP contribution in [0.4, 0.5) is 0 Å². The number of nitrogens with zero attached hydrogens (tertiary/aromatic N) is 2. The number of aromatic nitrogens is 1. The predicted molar refractivity (Wildman–Crippen MR) is 113 cm³/mol. The standard InChI is InChI=1S/C21H19Cl3N2/c1-13(14-7-16(23)9-17(24)8-14)11-26-20-4-3-15(22)10-18(20)19-12-25(2)6-5-21(19)26/h3-4,7-11H,5-6,12H2,1-2H3/b13-11+. The molecule has 0 amide bonds. The van der Waals surface area contributed by atoms with Crippen LogP contribution in [0.3, 0.4) is 0 Å². The van der Waals surface area contributed by atoms with Crippen molar-refractivity contribution >= 4 is 57.5 Å². The molecule has 0 saturated heterocycles. The van der Waals surface area contributed by atoms with E-state index in [0.717, 1.165) is 35.7 Å². The minimum absolute atomic E-state index is 0.646. The molecule has 3 aromatic rings. The second kappa shape index (κ2) is 6.94. The van der Waals surface area contributed by atoms with Crippen molar-refractivity contribution in [3.8, 4) is 0 Å². The minimum atomic E-state index is 0.646. The normalized spacial score (nSPS) is 15.5. The Bertz CT molecular complexity index is 1010. The van der Waals surface area contributed by atoms with Crippen LogP contribution in [0.2, 0.25) is 15.1 Å². The van der Waals surface area contributed by atoms with Gasteiger partial charge in [0.2, 0.25) is 0 Å². The van der Waals surface area contributed by atoms with E-state index < -0.39 is 0 Å². The number of rotatable bonds is 2. The second-order valence-corrected chi connectivity index (χ2v) is 8.22. The van der Waals surface area contributed by atoms with Crippen LogP contribution in [0.5, 0.6) is 0 Å². The summed E-state index contributed by atoms with van der Waals surface area (Å²) >= 11 is 18.6. The number of halogens is 3. The van der Waals surface area contributed by atoms with Crippen LogP contribution in [0.1, 0.15) is 23.7 Å². The molecule has 26 heavy (non-hydrogen) atoms. The van der Waals surface area contributed by atoms with Crippen molar-refractivity contribution in [2.45, 2.75) is 19.9 Å². The Labute approximate surface area is 168 Å². The molecule has 1 aliphatic rings. The third kappa shape index (κ3) is 3.27. The fourth-order valence-corrected chi connectivity index (χ4v) is 4.40. The third-order valence-electron chi connectivity index (χ3n) is 4.98. The van der Waals surface area contributed by atoms with Gasteiger partial charge in [-0.2, -0.15) is 0 Å². The van der Waals surface area contributed by atoms with E-state index in [1.807, 2.05) is 18.2 Å². The monoisotopic (exact) mass is 404 g/mol. The van der Waals surface area contributed by atoms with Crippen LogP contribution in [0.25, 0.3) is 22.7 Å². The Morgan fingerprint density at radius 2 is 1.73 bits per heavy atom. The van der Waals surface area contributed by atoms with E-state index in [4.69, 9.17) is 34.8 Å². The van der Waals surface area contributed by atoms with Gasteiger partial charge in [-0.1, -0.05) is 34.8 Å². The molecule has 2 aromatic carbocycles. The average Bonchev–Trinajstić information content (AvgIpc) is 2.86. The van der Waals surface area contributed by atoms with Crippen LogP contribution in [0.15, 0.2) is 36.4 Å². The predicted octanol–water partition coefficient (Wildman–Crippen LogP) is 6.61. The van der Waals surface area contributed by atoms with E-state index in [1.165, 1.54) is 22.2 Å². The van der Waals surface area contributed by atoms with Gasteiger partial charge in [-0.05, 0) is 67.1 Å². The summed E-state index contributed by atoms with van der Waals surface area (Å²) in [7, 11) is 2.16. The first-order chi connectivity index (χ1) is 12.4. The second-order valence-electron chi connectivity index (χ2n) is 6.91. The summed E-state index contributed by atoms with van der Waals surface area (Å²) in [6.45, 7) is 4.08. The quantitative estimate of drug-likeness (QED) is 0.466. The summed E-state index contributed by atoms with van der Waals surface area (Å²) in [4.78, 5) is 2.35. The maximum atomic E-state index is 6.28. The molecule has 0 bridgehead atoms. The first-order valence-corrected chi connectivity index (χ1v) is 9.70. The summed E-state index contributed by atoms with van der Waals surface area (Å²) in [5.74, 6) is 0. The first kappa shape index (κ1) is 17.9. The van der Waals surface area contributed by atoms with Crippen molar-refractivity contribution in [1.82, 2.24) is 9.47 Å². The molecule has 0 spiro atoms. The van der Waals surface area contributed by atoms with Gasteiger partial charge in [-0.15, -0.1) is 0 Å². The molecule has 5 heteroatoms. The molecular formula is C21H19Cl3N2. The number of likely N-dealkylation sites (N-methyl/N-ethyl adjacent to an activating group) is 1. The largest absolute Gasteiger partial charge is 0.320 e. The van der Waals surface area contributed by atoms with Gasteiger partial charge in [0.1, 0.15) is 0 Å². The zero-order valence-electron chi connectivity index (χ0n) is 14.7. The van der Waals surface area contributed by atoms with Crippen LogP contribution in [0, 0.1) is 0 Å². The molecule has 0 unspecified atom stereocenters. The van der Waals surface area contributed by atoms with Crippen molar-refractivity contribution in [3.63, 3.8) is 0 Å². The summed E-state index contributed by atoms with van der Waals surface area (Å²) < 4.78 is 2.30. The van der Waals surface area contributed by atoms with Gasteiger partial charge < -0.3 is 9.47 Å². The number of benzene rings is 2. The molecule has 0 fully saturated rings. The van der Waals surface area contributed by atoms with Crippen molar-refractivity contribution < 1.29 is 0 Å². The highest BCUT2D eigenvalue weighted by Gasteiger charge is 2.22. The van der Waals surface area contributed by atoms with Gasteiger partial charge in [0.25, 0.3) is 0 Å². The summed E-state index contributed by atoms with van der Waals surface area (Å²) in [6, 6.07) is 11.8. The Morgan fingerprint density at radius 3 is 2.46 bits per heavy atom. The van der Waals surface area contributed by atoms with E-state index in [9.17, 15) is 0 Å². The van der Waals surface area contributed by atoms with Crippen LogP contribution < -0.4 is 0 Å². The summed E-state index contributed by atoms with van der Waals surface area (Å²) in [5, 5.41) is 3.29. The molecule has 0 atom stereocenters. The molecule has 134 valence electrons. The molecule has 4 rings (SSSR count). The minimum Gasteiger partial charge on any atom is -0.320 e. The lowest BCUT2D eigenvalue weighted by Gasteiger charge is -2.23. The Morgan fingerprint density at radius 1 is 1.00 bits per heavy atom. The molecule has 0 radical (unpaired) electrons. The number of allylic oxidation sites excluding steroid dienone is 1. The van der Waals surface area contributed by atoms with Crippen molar-refractivity contribution in [3.05, 3.63) is 68.3 Å². The highest BCUT2D eigenvalue weighted by atomic mass is 35.5. The van der Waals surface area contributed by atoms with Crippen molar-refractivity contribution in [2.24, 2.45) is 0 Å². The topological polar surface area (TPSA) is 8.17 Å². The highest BCUT2D eigenvalue weighted by molar-refractivity contribution is 6.35. The van der Waals surface area contributed by atoms with Crippen LogP contribution in [-0.2, 0) is 13.0 Å². The van der Waals surface area contributed by atoms with E-state index in [2.05, 4.69) is 41.8 Å². The van der Waals surface area contributed by atoms with Crippen LogP contribution >= 0.6 is 34.8 Å². The van der Waals surface area contributed by atoms with Crippen molar-refractivity contribution in [2.75, 3.05) is 13.6 Å². The molecule has 2 nitrogen and oxygen atoms in total. The van der Waals surface area contributed by atoms with E-state index >= 15 is 0 Å². The molecule has 0 saturated carbocycles. The third-order valence-corrected chi connectivity index (χ3v) is 5.65. The van der Waals surface area contributed by atoms with Gasteiger partial charge in [0.05, 0.1) is 5.52 Å². The lowest BCUT2D eigenvalue weighted by molar-refractivity contribution is 0.312. The molecular weight excluding hydrogens is 387 g/mol. The van der Waals surface area contributed by atoms with Gasteiger partial charge in [0, 0.05) is 51.9 Å². The summed E-state index contributed by atoms with van der Waals surface area (Å²) in [6.07, 6.45) is 3.20. The van der Waals surface area contributed by atoms with Gasteiger partial charge in [-0.3, -0.25) is 0 Å². The number of hydrogen-bond donors (Lipinski definition) is 0. The smallest absolute Gasteiger partial charge is 0.0529 e. The number of fused-ring (bicyclic) bond motifs is 3. The lowest BCUT2D eigenvalue weighted by atomic mass is 10.1. The Hall–Kier alpha value is -1.45. The molecule has 1 aliphatic heterocycles. The fraction of sp³-hybridized carbons (Fsp3) is 0.238. The van der Waals surface area contributed by atoms with Gasteiger partial charge in [0.15, 0.2) is 0 Å².